The number of urea groups is 1. The lowest BCUT2D eigenvalue weighted by Gasteiger charge is -2.35. The van der Waals surface area contributed by atoms with Gasteiger partial charge in [0.1, 0.15) is 5.82 Å². The summed E-state index contributed by atoms with van der Waals surface area (Å²) in [4.78, 5) is 23.2. The summed E-state index contributed by atoms with van der Waals surface area (Å²) in [5, 5.41) is 3.08. The summed E-state index contributed by atoms with van der Waals surface area (Å²) in [5.41, 5.74) is 2.01. The quantitative estimate of drug-likeness (QED) is 0.917. The molecule has 140 valence electrons. The topological polar surface area (TPSA) is 63.1 Å². The SMILES string of the molecule is Cc1cnc(-c2ccncc2)n1CC1CCCN(C(=O)NC(C)(C)C)C1. The number of amides is 2. The van der Waals surface area contributed by atoms with Gasteiger partial charge in [-0.15, -0.1) is 0 Å². The molecule has 1 aliphatic heterocycles. The van der Waals surface area contributed by atoms with E-state index in [9.17, 15) is 4.79 Å². The molecule has 26 heavy (non-hydrogen) atoms. The third-order valence-corrected chi connectivity index (χ3v) is 4.72. The number of pyridine rings is 1. The summed E-state index contributed by atoms with van der Waals surface area (Å²) in [6.45, 7) is 10.6. The molecule has 1 saturated heterocycles. The molecule has 6 nitrogen and oxygen atoms in total. The van der Waals surface area contributed by atoms with Gasteiger partial charge in [0, 0.05) is 55.0 Å². The monoisotopic (exact) mass is 355 g/mol. The van der Waals surface area contributed by atoms with Crippen LogP contribution in [0, 0.1) is 12.8 Å². The fourth-order valence-electron chi connectivity index (χ4n) is 3.48. The molecule has 1 atom stereocenters. The Balaban J connectivity index is 1.72. The van der Waals surface area contributed by atoms with Gasteiger partial charge in [-0.25, -0.2) is 9.78 Å². The van der Waals surface area contributed by atoms with Gasteiger partial charge in [0.2, 0.25) is 0 Å². The highest BCUT2D eigenvalue weighted by Crippen LogP contribution is 2.24. The van der Waals surface area contributed by atoms with Gasteiger partial charge in [0.25, 0.3) is 0 Å². The van der Waals surface area contributed by atoms with Crippen LogP contribution >= 0.6 is 0 Å². The number of carbonyl (C=O) groups excluding carboxylic acids is 1. The molecule has 0 spiro atoms. The van der Waals surface area contributed by atoms with Crippen molar-refractivity contribution in [3.63, 3.8) is 0 Å². The molecule has 3 heterocycles. The zero-order valence-electron chi connectivity index (χ0n) is 16.2. The van der Waals surface area contributed by atoms with Crippen LogP contribution in [0.1, 0.15) is 39.3 Å². The van der Waals surface area contributed by atoms with Gasteiger partial charge in [-0.2, -0.15) is 0 Å². The molecular formula is C20H29N5O. The second-order valence-corrected chi connectivity index (χ2v) is 8.20. The van der Waals surface area contributed by atoms with E-state index in [0.29, 0.717) is 5.92 Å². The van der Waals surface area contributed by atoms with Crippen molar-refractivity contribution in [2.24, 2.45) is 5.92 Å². The van der Waals surface area contributed by atoms with E-state index >= 15 is 0 Å². The Morgan fingerprint density at radius 3 is 2.73 bits per heavy atom. The first-order valence-electron chi connectivity index (χ1n) is 9.33. The zero-order valence-corrected chi connectivity index (χ0v) is 16.2. The Bertz CT molecular complexity index is 747. The summed E-state index contributed by atoms with van der Waals surface area (Å²) < 4.78 is 2.27. The van der Waals surface area contributed by atoms with Crippen molar-refractivity contribution in [3.8, 4) is 11.4 Å². The number of hydrogen-bond acceptors (Lipinski definition) is 3. The van der Waals surface area contributed by atoms with E-state index in [0.717, 1.165) is 49.6 Å². The average Bonchev–Trinajstić information content (AvgIpc) is 2.95. The van der Waals surface area contributed by atoms with Gasteiger partial charge >= 0.3 is 6.03 Å². The summed E-state index contributed by atoms with van der Waals surface area (Å²) in [6.07, 6.45) is 7.68. The van der Waals surface area contributed by atoms with Crippen molar-refractivity contribution in [2.45, 2.75) is 52.6 Å². The number of nitrogens with one attached hydrogen (secondary N) is 1. The number of nitrogens with zero attached hydrogens (tertiary/aromatic N) is 4. The number of rotatable bonds is 3. The third-order valence-electron chi connectivity index (χ3n) is 4.72. The molecule has 1 fully saturated rings. The van der Waals surface area contributed by atoms with E-state index in [2.05, 4.69) is 26.8 Å². The highest BCUT2D eigenvalue weighted by molar-refractivity contribution is 5.75. The van der Waals surface area contributed by atoms with E-state index in [1.54, 1.807) is 12.4 Å². The maximum Gasteiger partial charge on any atom is 0.317 e. The minimum absolute atomic E-state index is 0.0407. The van der Waals surface area contributed by atoms with E-state index in [-0.39, 0.29) is 11.6 Å². The second kappa shape index (κ2) is 7.48. The summed E-state index contributed by atoms with van der Waals surface area (Å²) >= 11 is 0. The van der Waals surface area contributed by atoms with E-state index in [1.165, 1.54) is 0 Å². The molecule has 3 rings (SSSR count). The predicted molar refractivity (Wildman–Crippen MR) is 103 cm³/mol. The van der Waals surface area contributed by atoms with Crippen LogP contribution in [0.15, 0.2) is 30.7 Å². The van der Waals surface area contributed by atoms with Crippen molar-refractivity contribution in [1.29, 1.82) is 0 Å². The first-order chi connectivity index (χ1) is 12.3. The Labute approximate surface area is 155 Å². The van der Waals surface area contributed by atoms with Crippen LogP contribution in [0.2, 0.25) is 0 Å². The minimum atomic E-state index is -0.209. The second-order valence-electron chi connectivity index (χ2n) is 8.20. The highest BCUT2D eigenvalue weighted by atomic mass is 16.2. The van der Waals surface area contributed by atoms with Crippen LogP contribution < -0.4 is 5.32 Å². The fourth-order valence-corrected chi connectivity index (χ4v) is 3.48. The van der Waals surface area contributed by atoms with Crippen molar-refractivity contribution < 1.29 is 4.79 Å². The zero-order chi connectivity index (χ0) is 18.7. The van der Waals surface area contributed by atoms with Gasteiger partial charge in [-0.05, 0) is 58.6 Å². The lowest BCUT2D eigenvalue weighted by molar-refractivity contribution is 0.152. The van der Waals surface area contributed by atoms with Crippen molar-refractivity contribution in [2.75, 3.05) is 13.1 Å². The van der Waals surface area contributed by atoms with E-state index in [4.69, 9.17) is 0 Å². The Kier molecular flexibility index (Phi) is 5.30. The van der Waals surface area contributed by atoms with Crippen LogP contribution in [0.25, 0.3) is 11.4 Å². The van der Waals surface area contributed by atoms with Crippen molar-refractivity contribution >= 4 is 6.03 Å². The summed E-state index contributed by atoms with van der Waals surface area (Å²) in [6, 6.07) is 4.02. The molecule has 0 bridgehead atoms. The minimum Gasteiger partial charge on any atom is -0.333 e. The molecular weight excluding hydrogens is 326 g/mol. The fraction of sp³-hybridized carbons (Fsp3) is 0.550. The number of aryl methyl sites for hydroxylation is 1. The Hall–Kier alpha value is -2.37. The molecule has 1 unspecified atom stereocenters. The Morgan fingerprint density at radius 2 is 2.04 bits per heavy atom. The molecule has 0 saturated carbocycles. The molecule has 2 amide bonds. The first-order valence-corrected chi connectivity index (χ1v) is 9.33. The van der Waals surface area contributed by atoms with Crippen molar-refractivity contribution in [3.05, 3.63) is 36.4 Å². The Morgan fingerprint density at radius 1 is 1.31 bits per heavy atom. The molecule has 0 aliphatic carbocycles. The summed E-state index contributed by atoms with van der Waals surface area (Å²) in [5.74, 6) is 1.41. The van der Waals surface area contributed by atoms with E-state index < -0.39 is 0 Å². The van der Waals surface area contributed by atoms with E-state index in [1.807, 2.05) is 44.0 Å². The van der Waals surface area contributed by atoms with Crippen molar-refractivity contribution in [1.82, 2.24) is 24.8 Å². The van der Waals surface area contributed by atoms with Gasteiger partial charge in [-0.3, -0.25) is 4.98 Å². The number of aromatic nitrogens is 3. The third kappa shape index (κ3) is 4.42. The number of likely N-dealkylation sites (tertiary alicyclic amines) is 1. The number of imidazole rings is 1. The molecule has 0 radical (unpaired) electrons. The smallest absolute Gasteiger partial charge is 0.317 e. The molecule has 1 N–H and O–H groups in total. The normalized spacial score (nSPS) is 18.0. The lowest BCUT2D eigenvalue weighted by atomic mass is 9.97. The van der Waals surface area contributed by atoms with Gasteiger partial charge < -0.3 is 14.8 Å². The maximum atomic E-state index is 12.5. The van der Waals surface area contributed by atoms with Crippen LogP contribution in [0.5, 0.6) is 0 Å². The van der Waals surface area contributed by atoms with Gasteiger partial charge in [-0.1, -0.05) is 0 Å². The standard InChI is InChI=1S/C20H29N5O/c1-15-12-22-18(17-7-9-21-10-8-17)25(15)14-16-6-5-11-24(13-16)19(26)23-20(2,3)4/h7-10,12,16H,5-6,11,13-14H2,1-4H3,(H,23,26). The number of carbonyl (C=O) groups is 1. The number of piperidine rings is 1. The van der Waals surface area contributed by atoms with Gasteiger partial charge in [0.15, 0.2) is 0 Å². The molecule has 6 heteroatoms. The molecule has 2 aromatic rings. The maximum absolute atomic E-state index is 12.5. The molecule has 1 aliphatic rings. The molecule has 2 aromatic heterocycles. The summed E-state index contributed by atoms with van der Waals surface area (Å²) in [7, 11) is 0. The number of hydrogen-bond donors (Lipinski definition) is 1. The average molecular weight is 355 g/mol. The van der Waals surface area contributed by atoms with Crippen LogP contribution in [0.4, 0.5) is 4.79 Å². The molecule has 0 aromatic carbocycles. The highest BCUT2D eigenvalue weighted by Gasteiger charge is 2.27. The van der Waals surface area contributed by atoms with Crippen LogP contribution in [-0.4, -0.2) is 44.1 Å². The van der Waals surface area contributed by atoms with Crippen LogP contribution in [0.3, 0.4) is 0 Å². The van der Waals surface area contributed by atoms with Gasteiger partial charge in [0.05, 0.1) is 0 Å². The predicted octanol–water partition coefficient (Wildman–Crippen LogP) is 3.47. The first kappa shape index (κ1) is 18.4. The van der Waals surface area contributed by atoms with Crippen LogP contribution in [-0.2, 0) is 6.54 Å². The largest absolute Gasteiger partial charge is 0.333 e. The lowest BCUT2D eigenvalue weighted by Crippen LogP contribution is -2.51.